The second-order valence-electron chi connectivity index (χ2n) is 3.53. The Morgan fingerprint density at radius 1 is 1.44 bits per heavy atom. The smallest absolute Gasteiger partial charge is 0.235 e. The highest BCUT2D eigenvalue weighted by Crippen LogP contribution is 2.20. The second-order valence-corrected chi connectivity index (χ2v) is 3.97. The van der Waals surface area contributed by atoms with Gasteiger partial charge >= 0.3 is 0 Å². The summed E-state index contributed by atoms with van der Waals surface area (Å²) in [5, 5.41) is 1.78. The fourth-order valence-electron chi connectivity index (χ4n) is 1.66. The van der Waals surface area contributed by atoms with E-state index in [1.165, 1.54) is 0 Å². The molecule has 1 heterocycles. The van der Waals surface area contributed by atoms with Crippen LogP contribution in [0.2, 0.25) is 5.02 Å². The molecular formula is C11H12ClN3O. The molecule has 1 amide bonds. The number of halogens is 1. The number of nitrogens with one attached hydrogen (secondary N) is 1. The summed E-state index contributed by atoms with van der Waals surface area (Å²) in [4.78, 5) is 11.0. The van der Waals surface area contributed by atoms with Crippen molar-refractivity contribution in [3.63, 3.8) is 0 Å². The number of amides is 1. The van der Waals surface area contributed by atoms with Crippen LogP contribution in [0.5, 0.6) is 0 Å². The van der Waals surface area contributed by atoms with E-state index < -0.39 is 0 Å². The van der Waals surface area contributed by atoms with Gasteiger partial charge in [-0.1, -0.05) is 11.6 Å². The Morgan fingerprint density at radius 3 is 3.00 bits per heavy atom. The van der Waals surface area contributed by atoms with E-state index in [4.69, 9.17) is 17.4 Å². The normalized spacial score (nSPS) is 10.6. The third-order valence-corrected chi connectivity index (χ3v) is 2.71. The van der Waals surface area contributed by atoms with E-state index in [1.54, 1.807) is 0 Å². The number of hydrogen-bond acceptors (Lipinski definition) is 2. The van der Waals surface area contributed by atoms with E-state index in [-0.39, 0.29) is 5.91 Å². The summed E-state index contributed by atoms with van der Waals surface area (Å²) in [6.07, 6.45) is 2.30. The zero-order chi connectivity index (χ0) is 11.5. The molecular weight excluding hydrogens is 226 g/mol. The van der Waals surface area contributed by atoms with Gasteiger partial charge in [0.05, 0.1) is 0 Å². The maximum Gasteiger partial charge on any atom is 0.235 e. The minimum absolute atomic E-state index is 0.171. The summed E-state index contributed by atoms with van der Waals surface area (Å²) < 4.78 is 2.00. The predicted octanol–water partition coefficient (Wildman–Crippen LogP) is 1.67. The zero-order valence-corrected chi connectivity index (χ0v) is 9.37. The molecule has 0 aliphatic heterocycles. The van der Waals surface area contributed by atoms with Crippen LogP contribution in [0.3, 0.4) is 0 Å². The predicted molar refractivity (Wildman–Crippen MR) is 63.9 cm³/mol. The van der Waals surface area contributed by atoms with Crippen LogP contribution in [0.15, 0.2) is 30.5 Å². The summed E-state index contributed by atoms with van der Waals surface area (Å²) in [5.74, 6) is 4.85. The number of nitrogens with two attached hydrogens (primary N) is 1. The molecule has 4 nitrogen and oxygen atoms in total. The molecule has 1 aromatic carbocycles. The Hall–Kier alpha value is -1.52. The highest BCUT2D eigenvalue weighted by molar-refractivity contribution is 6.31. The monoisotopic (exact) mass is 237 g/mol. The molecule has 0 bridgehead atoms. The van der Waals surface area contributed by atoms with E-state index in [0.717, 1.165) is 10.9 Å². The first-order chi connectivity index (χ1) is 7.70. The van der Waals surface area contributed by atoms with Gasteiger partial charge in [0, 0.05) is 35.1 Å². The molecule has 5 heteroatoms. The molecule has 2 rings (SSSR count). The molecule has 0 unspecified atom stereocenters. The first kappa shape index (κ1) is 11.0. The lowest BCUT2D eigenvalue weighted by Crippen LogP contribution is -2.30. The third kappa shape index (κ3) is 2.18. The average molecular weight is 238 g/mol. The van der Waals surface area contributed by atoms with Gasteiger partial charge in [-0.25, -0.2) is 5.84 Å². The van der Waals surface area contributed by atoms with Gasteiger partial charge < -0.3 is 4.57 Å². The van der Waals surface area contributed by atoms with Crippen molar-refractivity contribution in [3.05, 3.63) is 35.5 Å². The Bertz CT molecular complexity index is 521. The second kappa shape index (κ2) is 4.55. The molecule has 0 saturated carbocycles. The lowest BCUT2D eigenvalue weighted by atomic mass is 10.2. The zero-order valence-electron chi connectivity index (χ0n) is 8.61. The Labute approximate surface area is 98.0 Å². The van der Waals surface area contributed by atoms with Gasteiger partial charge in [-0.3, -0.25) is 10.2 Å². The van der Waals surface area contributed by atoms with Crippen LogP contribution in [0.1, 0.15) is 6.42 Å². The van der Waals surface area contributed by atoms with Crippen LogP contribution >= 0.6 is 11.6 Å². The summed E-state index contributed by atoms with van der Waals surface area (Å²) in [7, 11) is 0. The van der Waals surface area contributed by atoms with Crippen molar-refractivity contribution in [1.29, 1.82) is 0 Å². The van der Waals surface area contributed by atoms with Crippen molar-refractivity contribution in [3.8, 4) is 0 Å². The molecule has 0 atom stereocenters. The van der Waals surface area contributed by atoms with Crippen LogP contribution < -0.4 is 11.3 Å². The van der Waals surface area contributed by atoms with Crippen molar-refractivity contribution in [1.82, 2.24) is 9.99 Å². The van der Waals surface area contributed by atoms with E-state index in [9.17, 15) is 4.79 Å². The maximum absolute atomic E-state index is 11.0. The third-order valence-electron chi connectivity index (χ3n) is 2.47. The molecule has 1 aromatic heterocycles. The largest absolute Gasteiger partial charge is 0.347 e. The molecule has 0 fully saturated rings. The van der Waals surface area contributed by atoms with Crippen LogP contribution in [0, 0.1) is 0 Å². The number of nitrogens with zero attached hydrogens (tertiary/aromatic N) is 1. The van der Waals surface area contributed by atoms with E-state index in [1.807, 2.05) is 35.0 Å². The average Bonchev–Trinajstić information content (AvgIpc) is 2.68. The van der Waals surface area contributed by atoms with E-state index in [2.05, 4.69) is 5.43 Å². The van der Waals surface area contributed by atoms with Crippen LogP contribution in [-0.2, 0) is 11.3 Å². The molecule has 84 valence electrons. The molecule has 0 saturated heterocycles. The van der Waals surface area contributed by atoms with Crippen molar-refractivity contribution in [2.24, 2.45) is 5.84 Å². The van der Waals surface area contributed by atoms with Gasteiger partial charge in [-0.15, -0.1) is 0 Å². The highest BCUT2D eigenvalue weighted by atomic mass is 35.5. The SMILES string of the molecule is NNC(=O)CCn1ccc2cc(Cl)ccc21. The van der Waals surface area contributed by atoms with Crippen LogP contribution in [0.25, 0.3) is 10.9 Å². The number of hydrazine groups is 1. The maximum atomic E-state index is 11.0. The van der Waals surface area contributed by atoms with Crippen LogP contribution in [0.4, 0.5) is 0 Å². The van der Waals surface area contributed by atoms with E-state index >= 15 is 0 Å². The lowest BCUT2D eigenvalue weighted by molar-refractivity contribution is -0.121. The minimum atomic E-state index is -0.171. The fourth-order valence-corrected chi connectivity index (χ4v) is 1.84. The molecule has 0 spiro atoms. The van der Waals surface area contributed by atoms with Crippen molar-refractivity contribution < 1.29 is 4.79 Å². The highest BCUT2D eigenvalue weighted by Gasteiger charge is 2.03. The first-order valence-electron chi connectivity index (χ1n) is 4.94. The fraction of sp³-hybridized carbons (Fsp3) is 0.182. The number of fused-ring (bicyclic) bond motifs is 1. The molecule has 0 radical (unpaired) electrons. The standard InChI is InChI=1S/C11H12ClN3O/c12-9-1-2-10-8(7-9)3-5-15(10)6-4-11(16)14-13/h1-3,5,7H,4,6,13H2,(H,14,16). The Kier molecular flexibility index (Phi) is 3.12. The summed E-state index contributed by atoms with van der Waals surface area (Å²) >= 11 is 5.89. The van der Waals surface area contributed by atoms with E-state index in [0.29, 0.717) is 18.0 Å². The quantitative estimate of drug-likeness (QED) is 0.485. The summed E-state index contributed by atoms with van der Waals surface area (Å²) in [6, 6.07) is 7.65. The van der Waals surface area contributed by atoms with Gasteiger partial charge in [0.2, 0.25) is 5.91 Å². The number of hydrogen-bond donors (Lipinski definition) is 2. The van der Waals surface area contributed by atoms with Gasteiger partial charge in [-0.05, 0) is 24.3 Å². The van der Waals surface area contributed by atoms with Crippen molar-refractivity contribution in [2.75, 3.05) is 0 Å². The molecule has 0 aliphatic carbocycles. The summed E-state index contributed by atoms with van der Waals surface area (Å²) in [6.45, 7) is 0.605. The topological polar surface area (TPSA) is 60.0 Å². The van der Waals surface area contributed by atoms with Crippen molar-refractivity contribution in [2.45, 2.75) is 13.0 Å². The van der Waals surface area contributed by atoms with Crippen LogP contribution in [-0.4, -0.2) is 10.5 Å². The Morgan fingerprint density at radius 2 is 2.25 bits per heavy atom. The van der Waals surface area contributed by atoms with Gasteiger partial charge in [-0.2, -0.15) is 0 Å². The molecule has 2 aromatic rings. The van der Waals surface area contributed by atoms with Crippen molar-refractivity contribution >= 4 is 28.4 Å². The number of aromatic nitrogens is 1. The number of benzene rings is 1. The number of carbonyl (C=O) groups excluding carboxylic acids is 1. The first-order valence-corrected chi connectivity index (χ1v) is 5.32. The number of carbonyl (C=O) groups is 1. The van der Waals surface area contributed by atoms with Gasteiger partial charge in [0.15, 0.2) is 0 Å². The molecule has 0 aliphatic rings. The molecule has 16 heavy (non-hydrogen) atoms. The lowest BCUT2D eigenvalue weighted by Gasteiger charge is -2.04. The van der Waals surface area contributed by atoms with Gasteiger partial charge in [0.1, 0.15) is 0 Å². The minimum Gasteiger partial charge on any atom is -0.347 e. The summed E-state index contributed by atoms with van der Waals surface area (Å²) in [5.41, 5.74) is 3.18. The number of aryl methyl sites for hydroxylation is 1. The molecule has 3 N–H and O–H groups in total. The number of rotatable bonds is 3. The van der Waals surface area contributed by atoms with Gasteiger partial charge in [0.25, 0.3) is 0 Å². The Balaban J connectivity index is 2.22.